The summed E-state index contributed by atoms with van der Waals surface area (Å²) in [6.07, 6.45) is 7.68. The summed E-state index contributed by atoms with van der Waals surface area (Å²) in [6.45, 7) is 0. The van der Waals surface area contributed by atoms with Gasteiger partial charge in [0.1, 0.15) is 0 Å². The van der Waals surface area contributed by atoms with E-state index in [1.54, 1.807) is 0 Å². The van der Waals surface area contributed by atoms with Gasteiger partial charge in [-0.15, -0.1) is 0 Å². The first-order valence-electron chi connectivity index (χ1n) is 5.20. The van der Waals surface area contributed by atoms with Gasteiger partial charge in [-0.1, -0.05) is 31.0 Å². The van der Waals surface area contributed by atoms with Crippen molar-refractivity contribution in [2.24, 2.45) is 5.14 Å². The maximum absolute atomic E-state index is 11.4. The Morgan fingerprint density at radius 1 is 1.27 bits per heavy atom. The molecule has 1 heterocycles. The van der Waals surface area contributed by atoms with Crippen LogP contribution in [0.2, 0.25) is 0 Å². The van der Waals surface area contributed by atoms with Crippen LogP contribution in [-0.2, 0) is 10.0 Å². The van der Waals surface area contributed by atoms with Crippen molar-refractivity contribution in [2.75, 3.05) is 0 Å². The lowest BCUT2D eigenvalue weighted by molar-refractivity contribution is 0.235. The molecule has 2 rings (SSSR count). The molecule has 1 saturated carbocycles. The number of rotatable bonds is 2. The van der Waals surface area contributed by atoms with Gasteiger partial charge in [-0.3, -0.25) is 0 Å². The number of thioether (sulfide) groups is 1. The molecule has 0 aromatic carbocycles. The molecule has 0 amide bonds. The van der Waals surface area contributed by atoms with Crippen molar-refractivity contribution in [1.29, 1.82) is 0 Å². The van der Waals surface area contributed by atoms with Crippen molar-refractivity contribution in [3.05, 3.63) is 11.6 Å². The first kappa shape index (κ1) is 11.3. The van der Waals surface area contributed by atoms with Crippen molar-refractivity contribution >= 4 is 21.8 Å². The number of hydrogen-bond acceptors (Lipinski definition) is 4. The van der Waals surface area contributed by atoms with E-state index >= 15 is 0 Å². The minimum atomic E-state index is -3.47. The van der Waals surface area contributed by atoms with E-state index in [1.807, 2.05) is 16.5 Å². The topological polar surface area (TPSA) is 63.4 Å². The number of sulfonamides is 1. The molecule has 0 radical (unpaired) electrons. The molecule has 2 N–H and O–H groups in total. The zero-order valence-electron chi connectivity index (χ0n) is 8.50. The molecule has 86 valence electrons. The van der Waals surface area contributed by atoms with Crippen molar-refractivity contribution in [3.8, 4) is 0 Å². The van der Waals surface area contributed by atoms with Crippen LogP contribution in [0.3, 0.4) is 0 Å². The van der Waals surface area contributed by atoms with E-state index in [0.717, 1.165) is 12.8 Å². The number of nitrogens with two attached hydrogens (primary N) is 1. The Bertz CT molecular complexity index is 347. The standard InChI is InChI=1S/C9H16N2O2S2/c10-15(12,13)9-11(6-7-14-9)8-4-2-1-3-5-8/h6-9H,1-5H2,(H2,10,12,13). The van der Waals surface area contributed by atoms with Crippen molar-refractivity contribution in [2.45, 2.75) is 42.9 Å². The van der Waals surface area contributed by atoms with E-state index in [2.05, 4.69) is 0 Å². The summed E-state index contributed by atoms with van der Waals surface area (Å²) in [7, 11) is -3.47. The maximum atomic E-state index is 11.4. The smallest absolute Gasteiger partial charge is 0.240 e. The van der Waals surface area contributed by atoms with Gasteiger partial charge < -0.3 is 4.90 Å². The van der Waals surface area contributed by atoms with E-state index in [4.69, 9.17) is 5.14 Å². The fourth-order valence-corrected chi connectivity index (χ4v) is 4.36. The second-order valence-corrected chi connectivity index (χ2v) is 6.97. The lowest BCUT2D eigenvalue weighted by Crippen LogP contribution is -2.43. The van der Waals surface area contributed by atoms with Gasteiger partial charge in [0.2, 0.25) is 10.0 Å². The Hall–Kier alpha value is -0.200. The molecular formula is C9H16N2O2S2. The molecule has 0 spiro atoms. The van der Waals surface area contributed by atoms with Crippen LogP contribution in [-0.4, -0.2) is 24.1 Å². The molecule has 4 nitrogen and oxygen atoms in total. The third-order valence-electron chi connectivity index (χ3n) is 2.95. The van der Waals surface area contributed by atoms with Crippen molar-refractivity contribution < 1.29 is 8.42 Å². The largest absolute Gasteiger partial charge is 0.348 e. The summed E-state index contributed by atoms with van der Waals surface area (Å²) < 4.78 is 22.1. The van der Waals surface area contributed by atoms with Crippen LogP contribution in [0.15, 0.2) is 11.6 Å². The van der Waals surface area contributed by atoms with Crippen LogP contribution >= 0.6 is 11.8 Å². The zero-order chi connectivity index (χ0) is 10.9. The summed E-state index contributed by atoms with van der Waals surface area (Å²) in [5, 5.41) is 7.03. The quantitative estimate of drug-likeness (QED) is 0.802. The first-order valence-corrected chi connectivity index (χ1v) is 7.75. The Labute approximate surface area is 94.9 Å². The van der Waals surface area contributed by atoms with Crippen LogP contribution in [0.5, 0.6) is 0 Å². The third kappa shape index (κ3) is 2.49. The number of hydrogen-bond donors (Lipinski definition) is 1. The van der Waals surface area contributed by atoms with Crippen molar-refractivity contribution in [1.82, 2.24) is 4.90 Å². The zero-order valence-corrected chi connectivity index (χ0v) is 10.1. The lowest BCUT2D eigenvalue weighted by Gasteiger charge is -2.34. The second-order valence-electron chi connectivity index (χ2n) is 4.06. The average molecular weight is 248 g/mol. The summed E-state index contributed by atoms with van der Waals surface area (Å²) in [4.78, 5) is 1.92. The molecule has 1 aliphatic carbocycles. The average Bonchev–Trinajstić information content (AvgIpc) is 2.67. The highest BCUT2D eigenvalue weighted by Crippen LogP contribution is 2.34. The van der Waals surface area contributed by atoms with Crippen LogP contribution in [0.4, 0.5) is 0 Å². The number of nitrogens with zero attached hydrogens (tertiary/aromatic N) is 1. The Balaban J connectivity index is 2.10. The fraction of sp³-hybridized carbons (Fsp3) is 0.778. The molecule has 0 saturated heterocycles. The van der Waals surface area contributed by atoms with Gasteiger partial charge >= 0.3 is 0 Å². The van der Waals surface area contributed by atoms with Crippen LogP contribution in [0.25, 0.3) is 0 Å². The predicted octanol–water partition coefficient (Wildman–Crippen LogP) is 1.41. The summed E-state index contributed by atoms with van der Waals surface area (Å²) in [6, 6.07) is 0.355. The first-order chi connectivity index (χ1) is 7.09. The van der Waals surface area contributed by atoms with Gasteiger partial charge in [-0.2, -0.15) is 0 Å². The Morgan fingerprint density at radius 3 is 2.53 bits per heavy atom. The normalized spacial score (nSPS) is 28.6. The summed E-state index contributed by atoms with van der Waals surface area (Å²) in [5.41, 5.74) is 0. The van der Waals surface area contributed by atoms with Crippen molar-refractivity contribution in [3.63, 3.8) is 0 Å². The molecule has 0 aromatic heterocycles. The van der Waals surface area contributed by atoms with E-state index in [9.17, 15) is 8.42 Å². The van der Waals surface area contributed by atoms with E-state index < -0.39 is 14.7 Å². The molecule has 6 heteroatoms. The highest BCUT2D eigenvalue weighted by atomic mass is 32.3. The molecule has 1 aliphatic heterocycles. The highest BCUT2D eigenvalue weighted by Gasteiger charge is 2.34. The highest BCUT2D eigenvalue weighted by molar-refractivity contribution is 8.14. The molecule has 2 aliphatic rings. The van der Waals surface area contributed by atoms with Gasteiger partial charge in [-0.05, 0) is 18.2 Å². The van der Waals surface area contributed by atoms with E-state index in [-0.39, 0.29) is 0 Å². The van der Waals surface area contributed by atoms with Gasteiger partial charge in [0.15, 0.2) is 4.71 Å². The summed E-state index contributed by atoms with van der Waals surface area (Å²) in [5.74, 6) is 0. The molecule has 15 heavy (non-hydrogen) atoms. The summed E-state index contributed by atoms with van der Waals surface area (Å²) >= 11 is 1.28. The monoisotopic (exact) mass is 248 g/mol. The molecule has 1 fully saturated rings. The molecule has 1 atom stereocenters. The van der Waals surface area contributed by atoms with Gasteiger partial charge in [-0.25, -0.2) is 13.6 Å². The van der Waals surface area contributed by atoms with Gasteiger partial charge in [0.05, 0.1) is 0 Å². The molecule has 0 aromatic rings. The molecule has 1 unspecified atom stereocenters. The minimum Gasteiger partial charge on any atom is -0.348 e. The number of primary sulfonamides is 1. The van der Waals surface area contributed by atoms with E-state index in [0.29, 0.717) is 6.04 Å². The third-order valence-corrected chi connectivity index (χ3v) is 5.65. The van der Waals surface area contributed by atoms with Crippen LogP contribution in [0, 0.1) is 0 Å². The lowest BCUT2D eigenvalue weighted by atomic mass is 9.95. The predicted molar refractivity (Wildman–Crippen MR) is 62.3 cm³/mol. The minimum absolute atomic E-state index is 0.355. The Morgan fingerprint density at radius 2 is 1.93 bits per heavy atom. The van der Waals surface area contributed by atoms with E-state index in [1.165, 1.54) is 31.0 Å². The molecule has 0 bridgehead atoms. The second kappa shape index (κ2) is 4.35. The molecular weight excluding hydrogens is 232 g/mol. The Kier molecular flexibility index (Phi) is 3.27. The van der Waals surface area contributed by atoms with Gasteiger partial charge in [0, 0.05) is 12.2 Å². The SMILES string of the molecule is NS(=O)(=O)C1SC=CN1C1CCCCC1. The van der Waals surface area contributed by atoms with Crippen LogP contribution in [0.1, 0.15) is 32.1 Å². The fourth-order valence-electron chi connectivity index (χ4n) is 2.23. The van der Waals surface area contributed by atoms with Gasteiger partial charge in [0.25, 0.3) is 0 Å². The van der Waals surface area contributed by atoms with Crippen LogP contribution < -0.4 is 5.14 Å². The maximum Gasteiger partial charge on any atom is 0.240 e.